The van der Waals surface area contributed by atoms with Gasteiger partial charge in [0.15, 0.2) is 11.5 Å². The van der Waals surface area contributed by atoms with Crippen LogP contribution in [0.25, 0.3) is 0 Å². The number of ether oxygens (including phenoxy) is 2. The van der Waals surface area contributed by atoms with Gasteiger partial charge in [-0.15, -0.1) is 0 Å². The third-order valence-electron chi connectivity index (χ3n) is 3.94. The Morgan fingerprint density at radius 3 is 2.33 bits per heavy atom. The van der Waals surface area contributed by atoms with E-state index in [4.69, 9.17) is 9.47 Å². The first kappa shape index (κ1) is 18.5. The van der Waals surface area contributed by atoms with Crippen LogP contribution in [0.3, 0.4) is 0 Å². The number of benzene rings is 3. The molecule has 138 valence electrons. The highest BCUT2D eigenvalue weighted by atomic mass is 16.5. The van der Waals surface area contributed by atoms with Crippen LogP contribution in [-0.4, -0.2) is 19.4 Å². The van der Waals surface area contributed by atoms with Crippen LogP contribution in [0.15, 0.2) is 84.0 Å². The molecule has 0 unspecified atom stereocenters. The van der Waals surface area contributed by atoms with Crippen molar-refractivity contribution in [1.29, 1.82) is 0 Å². The minimum absolute atomic E-state index is 0.581. The van der Waals surface area contributed by atoms with Crippen LogP contribution in [0.1, 0.15) is 18.1 Å². The second kappa shape index (κ2) is 10.0. The molecule has 0 radical (unpaired) electrons. The number of rotatable bonds is 9. The van der Waals surface area contributed by atoms with Gasteiger partial charge in [0.25, 0.3) is 0 Å². The monoisotopic (exact) mass is 360 g/mol. The van der Waals surface area contributed by atoms with Crippen molar-refractivity contribution >= 4 is 11.9 Å². The Morgan fingerprint density at radius 1 is 0.852 bits per heavy atom. The summed E-state index contributed by atoms with van der Waals surface area (Å²) in [4.78, 5) is 0. The molecule has 4 heteroatoms. The summed E-state index contributed by atoms with van der Waals surface area (Å²) in [5, 5.41) is 4.27. The van der Waals surface area contributed by atoms with Gasteiger partial charge in [-0.25, -0.2) is 0 Å². The van der Waals surface area contributed by atoms with E-state index >= 15 is 0 Å². The lowest BCUT2D eigenvalue weighted by Crippen LogP contribution is -2.04. The summed E-state index contributed by atoms with van der Waals surface area (Å²) in [6, 6.07) is 26.0. The molecule has 0 aliphatic heterocycles. The van der Waals surface area contributed by atoms with E-state index in [1.807, 2.05) is 73.7 Å². The SMILES string of the molecule is CCOc1cc(C=NNc2ccccc2)ccc1OCCc1ccccc1. The summed E-state index contributed by atoms with van der Waals surface area (Å²) >= 11 is 0. The van der Waals surface area contributed by atoms with Crippen molar-refractivity contribution in [2.45, 2.75) is 13.3 Å². The third-order valence-corrected chi connectivity index (χ3v) is 3.94. The zero-order valence-corrected chi connectivity index (χ0v) is 15.5. The fourth-order valence-corrected chi connectivity index (χ4v) is 2.61. The summed E-state index contributed by atoms with van der Waals surface area (Å²) in [5.74, 6) is 1.48. The molecule has 0 aliphatic carbocycles. The second-order valence-electron chi connectivity index (χ2n) is 5.96. The average Bonchev–Trinajstić information content (AvgIpc) is 2.71. The molecule has 0 amide bonds. The summed E-state index contributed by atoms with van der Waals surface area (Å²) in [6.07, 6.45) is 2.62. The molecule has 4 nitrogen and oxygen atoms in total. The maximum absolute atomic E-state index is 5.94. The van der Waals surface area contributed by atoms with Crippen molar-refractivity contribution < 1.29 is 9.47 Å². The minimum atomic E-state index is 0.581. The average molecular weight is 360 g/mol. The first-order chi connectivity index (χ1) is 13.3. The van der Waals surface area contributed by atoms with E-state index in [1.165, 1.54) is 5.56 Å². The second-order valence-corrected chi connectivity index (χ2v) is 5.96. The van der Waals surface area contributed by atoms with Gasteiger partial charge in [0.2, 0.25) is 0 Å². The largest absolute Gasteiger partial charge is 0.490 e. The standard InChI is InChI=1S/C23H24N2O2/c1-2-26-23-17-20(18-24-25-21-11-7-4-8-12-21)13-14-22(23)27-16-15-19-9-5-3-6-10-19/h3-14,17-18,25H,2,15-16H2,1H3. The predicted octanol–water partition coefficient (Wildman–Crippen LogP) is 5.15. The lowest BCUT2D eigenvalue weighted by molar-refractivity contribution is 0.279. The van der Waals surface area contributed by atoms with Crippen LogP contribution in [0.5, 0.6) is 11.5 Å². The van der Waals surface area contributed by atoms with Crippen LogP contribution in [0.2, 0.25) is 0 Å². The maximum atomic E-state index is 5.94. The normalized spacial score (nSPS) is 10.7. The van der Waals surface area contributed by atoms with Crippen molar-refractivity contribution in [3.8, 4) is 11.5 Å². The molecule has 0 bridgehead atoms. The van der Waals surface area contributed by atoms with E-state index in [2.05, 4.69) is 22.7 Å². The first-order valence-corrected chi connectivity index (χ1v) is 9.13. The predicted molar refractivity (Wildman–Crippen MR) is 111 cm³/mol. The van der Waals surface area contributed by atoms with Gasteiger partial charge < -0.3 is 9.47 Å². The van der Waals surface area contributed by atoms with Crippen LogP contribution in [-0.2, 0) is 6.42 Å². The van der Waals surface area contributed by atoms with Crippen molar-refractivity contribution in [1.82, 2.24) is 0 Å². The molecule has 0 atom stereocenters. The zero-order valence-electron chi connectivity index (χ0n) is 15.5. The molecule has 0 fully saturated rings. The van der Waals surface area contributed by atoms with Gasteiger partial charge in [-0.1, -0.05) is 48.5 Å². The third kappa shape index (κ3) is 5.89. The molecular weight excluding hydrogens is 336 g/mol. The number of hydrogen-bond acceptors (Lipinski definition) is 4. The van der Waals surface area contributed by atoms with E-state index < -0.39 is 0 Å². The fraction of sp³-hybridized carbons (Fsp3) is 0.174. The minimum Gasteiger partial charge on any atom is -0.490 e. The zero-order chi connectivity index (χ0) is 18.7. The van der Waals surface area contributed by atoms with E-state index in [0.29, 0.717) is 13.2 Å². The Balaban J connectivity index is 1.61. The smallest absolute Gasteiger partial charge is 0.161 e. The maximum Gasteiger partial charge on any atom is 0.161 e. The molecule has 0 saturated carbocycles. The van der Waals surface area contributed by atoms with Crippen LogP contribution in [0.4, 0.5) is 5.69 Å². The van der Waals surface area contributed by atoms with E-state index in [9.17, 15) is 0 Å². The van der Waals surface area contributed by atoms with Crippen LogP contribution < -0.4 is 14.9 Å². The molecule has 0 saturated heterocycles. The molecule has 1 N–H and O–H groups in total. The molecule has 3 rings (SSSR count). The van der Waals surface area contributed by atoms with Gasteiger partial charge >= 0.3 is 0 Å². The number of para-hydroxylation sites is 1. The van der Waals surface area contributed by atoms with Crippen molar-refractivity contribution in [2.24, 2.45) is 5.10 Å². The number of hydrazone groups is 1. The highest BCUT2D eigenvalue weighted by molar-refractivity contribution is 5.81. The quantitative estimate of drug-likeness (QED) is 0.424. The van der Waals surface area contributed by atoms with Crippen LogP contribution in [0, 0.1) is 0 Å². The van der Waals surface area contributed by atoms with E-state index in [-0.39, 0.29) is 0 Å². The lowest BCUT2D eigenvalue weighted by Gasteiger charge is -2.12. The van der Waals surface area contributed by atoms with Gasteiger partial charge in [0.1, 0.15) is 0 Å². The Morgan fingerprint density at radius 2 is 1.59 bits per heavy atom. The summed E-state index contributed by atoms with van der Waals surface area (Å²) in [6.45, 7) is 3.15. The lowest BCUT2D eigenvalue weighted by atomic mass is 10.2. The Labute approximate surface area is 160 Å². The van der Waals surface area contributed by atoms with E-state index in [0.717, 1.165) is 29.2 Å². The summed E-state index contributed by atoms with van der Waals surface area (Å²) < 4.78 is 11.7. The number of anilines is 1. The first-order valence-electron chi connectivity index (χ1n) is 9.13. The molecule has 0 heterocycles. The van der Waals surface area contributed by atoms with Gasteiger partial charge in [0, 0.05) is 6.42 Å². The van der Waals surface area contributed by atoms with Crippen molar-refractivity contribution in [2.75, 3.05) is 18.6 Å². The van der Waals surface area contributed by atoms with Gasteiger partial charge in [-0.05, 0) is 48.4 Å². The summed E-state index contributed by atoms with van der Waals surface area (Å²) in [5.41, 5.74) is 6.15. The van der Waals surface area contributed by atoms with Gasteiger partial charge in [-0.2, -0.15) is 5.10 Å². The molecule has 0 spiro atoms. The molecule has 0 aromatic heterocycles. The van der Waals surface area contributed by atoms with Crippen LogP contribution >= 0.6 is 0 Å². The number of nitrogens with zero attached hydrogens (tertiary/aromatic N) is 1. The highest BCUT2D eigenvalue weighted by Crippen LogP contribution is 2.28. The van der Waals surface area contributed by atoms with E-state index in [1.54, 1.807) is 6.21 Å². The Hall–Kier alpha value is -3.27. The summed E-state index contributed by atoms with van der Waals surface area (Å²) in [7, 11) is 0. The highest BCUT2D eigenvalue weighted by Gasteiger charge is 2.06. The number of nitrogens with one attached hydrogen (secondary N) is 1. The molecule has 3 aromatic rings. The van der Waals surface area contributed by atoms with Crippen molar-refractivity contribution in [3.05, 3.63) is 90.0 Å². The molecular formula is C23H24N2O2. The fourth-order valence-electron chi connectivity index (χ4n) is 2.61. The molecule has 3 aromatic carbocycles. The molecule has 27 heavy (non-hydrogen) atoms. The Bertz CT molecular complexity index is 849. The van der Waals surface area contributed by atoms with Crippen molar-refractivity contribution in [3.63, 3.8) is 0 Å². The topological polar surface area (TPSA) is 42.8 Å². The van der Waals surface area contributed by atoms with Gasteiger partial charge in [0.05, 0.1) is 25.1 Å². The Kier molecular flexibility index (Phi) is 6.87. The number of hydrogen-bond donors (Lipinski definition) is 1. The molecule has 0 aliphatic rings. The van der Waals surface area contributed by atoms with Gasteiger partial charge in [-0.3, -0.25) is 5.43 Å².